The molecular formula is C16H22BrN3O2. The van der Waals surface area contributed by atoms with Gasteiger partial charge in [-0.25, -0.2) is 0 Å². The molecule has 0 atom stereocenters. The Morgan fingerprint density at radius 3 is 2.41 bits per heavy atom. The molecule has 1 aliphatic carbocycles. The summed E-state index contributed by atoms with van der Waals surface area (Å²) in [4.78, 5) is 15.7. The molecule has 22 heavy (non-hydrogen) atoms. The fourth-order valence-electron chi connectivity index (χ4n) is 3.68. The van der Waals surface area contributed by atoms with E-state index in [4.69, 9.17) is 0 Å². The van der Waals surface area contributed by atoms with Gasteiger partial charge in [-0.3, -0.25) is 15.0 Å². The second-order valence-corrected chi connectivity index (χ2v) is 7.12. The number of nitrogens with zero attached hydrogens (tertiary/aromatic N) is 3. The lowest BCUT2D eigenvalue weighted by atomic mass is 9.94. The van der Waals surface area contributed by atoms with E-state index in [0.717, 1.165) is 42.4 Å². The smallest absolute Gasteiger partial charge is 0.292 e. The Labute approximate surface area is 139 Å². The maximum atomic E-state index is 11.2. The molecule has 2 aliphatic rings. The van der Waals surface area contributed by atoms with Gasteiger partial charge >= 0.3 is 0 Å². The molecule has 1 aromatic rings. The van der Waals surface area contributed by atoms with Gasteiger partial charge in [-0.15, -0.1) is 0 Å². The molecule has 0 spiro atoms. The third-order valence-electron chi connectivity index (χ3n) is 4.88. The summed E-state index contributed by atoms with van der Waals surface area (Å²) in [6, 6.07) is 5.93. The largest absolute Gasteiger partial charge is 0.363 e. The summed E-state index contributed by atoms with van der Waals surface area (Å²) < 4.78 is 0.891. The number of nitro groups is 1. The Balaban J connectivity index is 1.68. The molecule has 0 aromatic heterocycles. The van der Waals surface area contributed by atoms with Crippen LogP contribution >= 0.6 is 15.9 Å². The molecule has 5 nitrogen and oxygen atoms in total. The van der Waals surface area contributed by atoms with Gasteiger partial charge in [-0.1, -0.05) is 35.2 Å². The van der Waals surface area contributed by atoms with Crippen LogP contribution in [-0.2, 0) is 0 Å². The fraction of sp³-hybridized carbons (Fsp3) is 0.625. The summed E-state index contributed by atoms with van der Waals surface area (Å²) in [5.74, 6) is 0. The highest BCUT2D eigenvalue weighted by Gasteiger charge is 2.27. The molecule has 0 amide bonds. The van der Waals surface area contributed by atoms with Gasteiger partial charge in [0, 0.05) is 42.8 Å². The highest BCUT2D eigenvalue weighted by atomic mass is 79.9. The number of nitro benzene ring substituents is 1. The molecular weight excluding hydrogens is 346 g/mol. The normalized spacial score (nSPS) is 21.0. The molecule has 1 aliphatic heterocycles. The third kappa shape index (κ3) is 3.43. The summed E-state index contributed by atoms with van der Waals surface area (Å²) in [7, 11) is 0. The van der Waals surface area contributed by atoms with Gasteiger partial charge in [0.2, 0.25) is 0 Å². The Morgan fingerprint density at radius 2 is 1.77 bits per heavy atom. The maximum Gasteiger partial charge on any atom is 0.292 e. The second-order valence-electron chi connectivity index (χ2n) is 6.20. The predicted molar refractivity (Wildman–Crippen MR) is 91.5 cm³/mol. The fourth-order valence-corrected chi connectivity index (χ4v) is 4.03. The number of hydrogen-bond donors (Lipinski definition) is 0. The van der Waals surface area contributed by atoms with Crippen LogP contribution in [0.1, 0.15) is 32.1 Å². The molecule has 1 aromatic carbocycles. The van der Waals surface area contributed by atoms with Gasteiger partial charge in [-0.2, -0.15) is 0 Å². The molecule has 2 fully saturated rings. The summed E-state index contributed by atoms with van der Waals surface area (Å²) >= 11 is 3.43. The Bertz CT molecular complexity index is 538. The van der Waals surface area contributed by atoms with Crippen molar-refractivity contribution >= 4 is 27.3 Å². The monoisotopic (exact) mass is 367 g/mol. The number of piperazine rings is 1. The molecule has 1 saturated heterocycles. The van der Waals surface area contributed by atoms with Gasteiger partial charge < -0.3 is 4.90 Å². The van der Waals surface area contributed by atoms with Gasteiger partial charge in [0.1, 0.15) is 5.69 Å². The van der Waals surface area contributed by atoms with E-state index >= 15 is 0 Å². The Hall–Kier alpha value is -1.14. The van der Waals surface area contributed by atoms with E-state index in [0.29, 0.717) is 0 Å². The first-order chi connectivity index (χ1) is 10.6. The van der Waals surface area contributed by atoms with Crippen LogP contribution in [0, 0.1) is 10.1 Å². The zero-order chi connectivity index (χ0) is 15.5. The topological polar surface area (TPSA) is 49.6 Å². The van der Waals surface area contributed by atoms with Crippen LogP contribution in [0.15, 0.2) is 22.7 Å². The van der Waals surface area contributed by atoms with Gasteiger partial charge in [0.05, 0.1) is 4.92 Å². The number of anilines is 1. The predicted octanol–water partition coefficient (Wildman–Crippen LogP) is 3.81. The van der Waals surface area contributed by atoms with Gasteiger partial charge in [0.15, 0.2) is 0 Å². The molecule has 0 unspecified atom stereocenters. The van der Waals surface area contributed by atoms with Crippen molar-refractivity contribution in [2.45, 2.75) is 38.1 Å². The first-order valence-electron chi connectivity index (χ1n) is 8.08. The third-order valence-corrected chi connectivity index (χ3v) is 5.37. The number of halogens is 1. The molecule has 120 valence electrons. The lowest BCUT2D eigenvalue weighted by Crippen LogP contribution is -2.51. The van der Waals surface area contributed by atoms with Crippen LogP contribution in [0.25, 0.3) is 0 Å². The summed E-state index contributed by atoms with van der Waals surface area (Å²) in [6.45, 7) is 3.75. The van der Waals surface area contributed by atoms with Crippen LogP contribution in [0.4, 0.5) is 11.4 Å². The van der Waals surface area contributed by atoms with Crippen molar-refractivity contribution in [3.63, 3.8) is 0 Å². The van der Waals surface area contributed by atoms with Crippen LogP contribution < -0.4 is 4.90 Å². The molecule has 6 heteroatoms. The molecule has 0 bridgehead atoms. The van der Waals surface area contributed by atoms with Crippen molar-refractivity contribution in [1.82, 2.24) is 4.90 Å². The van der Waals surface area contributed by atoms with E-state index < -0.39 is 0 Å². The zero-order valence-corrected chi connectivity index (χ0v) is 14.3. The minimum absolute atomic E-state index is 0.203. The SMILES string of the molecule is O=[N+]([O-])c1ccc(Br)cc1N1CCN(C2CCCCC2)CC1. The maximum absolute atomic E-state index is 11.2. The van der Waals surface area contributed by atoms with Crippen molar-refractivity contribution in [3.8, 4) is 0 Å². The quantitative estimate of drug-likeness (QED) is 0.601. The summed E-state index contributed by atoms with van der Waals surface area (Å²) in [5.41, 5.74) is 0.942. The van der Waals surface area contributed by atoms with E-state index in [-0.39, 0.29) is 10.6 Å². The number of benzene rings is 1. The van der Waals surface area contributed by atoms with Crippen molar-refractivity contribution in [3.05, 3.63) is 32.8 Å². The molecule has 1 saturated carbocycles. The zero-order valence-electron chi connectivity index (χ0n) is 12.7. The lowest BCUT2D eigenvalue weighted by molar-refractivity contribution is -0.384. The molecule has 3 rings (SSSR count). The van der Waals surface area contributed by atoms with Crippen LogP contribution in [0.2, 0.25) is 0 Å². The first kappa shape index (κ1) is 15.7. The highest BCUT2D eigenvalue weighted by Crippen LogP contribution is 2.32. The lowest BCUT2D eigenvalue weighted by Gasteiger charge is -2.41. The average Bonchev–Trinajstić information content (AvgIpc) is 2.55. The Morgan fingerprint density at radius 1 is 1.09 bits per heavy atom. The van der Waals surface area contributed by atoms with Crippen molar-refractivity contribution in [2.24, 2.45) is 0 Å². The van der Waals surface area contributed by atoms with Crippen LogP contribution in [-0.4, -0.2) is 42.0 Å². The number of hydrogen-bond acceptors (Lipinski definition) is 4. The van der Waals surface area contributed by atoms with Gasteiger partial charge in [0.25, 0.3) is 5.69 Å². The summed E-state index contributed by atoms with van der Waals surface area (Å²) in [6.07, 6.45) is 6.71. The van der Waals surface area contributed by atoms with Crippen LogP contribution in [0.5, 0.6) is 0 Å². The van der Waals surface area contributed by atoms with E-state index in [1.165, 1.54) is 32.1 Å². The molecule has 0 radical (unpaired) electrons. The number of rotatable bonds is 3. The molecule has 1 heterocycles. The minimum Gasteiger partial charge on any atom is -0.363 e. The van der Waals surface area contributed by atoms with E-state index in [1.54, 1.807) is 12.1 Å². The standard InChI is InChI=1S/C16H22BrN3O2/c17-13-6-7-15(20(21)22)16(12-13)19-10-8-18(9-11-19)14-4-2-1-3-5-14/h6-7,12,14H,1-5,8-11H2. The van der Waals surface area contributed by atoms with Crippen molar-refractivity contribution in [1.29, 1.82) is 0 Å². The Kier molecular flexibility index (Phi) is 4.98. The van der Waals surface area contributed by atoms with E-state index in [9.17, 15) is 10.1 Å². The van der Waals surface area contributed by atoms with E-state index in [2.05, 4.69) is 25.7 Å². The van der Waals surface area contributed by atoms with Crippen LogP contribution in [0.3, 0.4) is 0 Å². The van der Waals surface area contributed by atoms with Crippen molar-refractivity contribution in [2.75, 3.05) is 31.1 Å². The molecule has 0 N–H and O–H groups in total. The van der Waals surface area contributed by atoms with E-state index in [1.807, 2.05) is 6.07 Å². The average molecular weight is 368 g/mol. The minimum atomic E-state index is -0.282. The van der Waals surface area contributed by atoms with Gasteiger partial charge in [-0.05, 0) is 25.0 Å². The summed E-state index contributed by atoms with van der Waals surface area (Å²) in [5, 5.41) is 11.2. The second kappa shape index (κ2) is 6.96. The highest BCUT2D eigenvalue weighted by molar-refractivity contribution is 9.10. The first-order valence-corrected chi connectivity index (χ1v) is 8.87. The van der Waals surface area contributed by atoms with Crippen molar-refractivity contribution < 1.29 is 4.92 Å².